The monoisotopic (exact) mass is 326 g/mol. The molecule has 0 aromatic heterocycles. The maximum absolute atomic E-state index is 12.4. The summed E-state index contributed by atoms with van der Waals surface area (Å²) in [5, 5.41) is 0. The molecule has 2 atom stereocenters. The predicted octanol–water partition coefficient (Wildman–Crippen LogP) is 1.56. The molecule has 0 spiro atoms. The van der Waals surface area contributed by atoms with Gasteiger partial charge in [-0.15, -0.1) is 0 Å². The quantitative estimate of drug-likeness (QED) is 0.843. The standard InChI is InChI=1S/C17H14N2O5/c18-15-16(9-1-3-11-13(5-9)23-7-21-11)19(17(15)20)10-2-4-12-14(6-10)24-8-22-12/h1-6,15-16H,7-8,18H2/t15-,16-/m0/s1. The molecule has 24 heavy (non-hydrogen) atoms. The number of benzene rings is 2. The summed E-state index contributed by atoms with van der Waals surface area (Å²) in [5.74, 6) is 2.55. The number of hydrogen-bond acceptors (Lipinski definition) is 6. The fourth-order valence-corrected chi connectivity index (χ4v) is 3.29. The van der Waals surface area contributed by atoms with Crippen LogP contribution in [0, 0.1) is 0 Å². The number of nitrogens with two attached hydrogens (primary N) is 1. The zero-order chi connectivity index (χ0) is 16.3. The fourth-order valence-electron chi connectivity index (χ4n) is 3.29. The number of carbonyl (C=O) groups excluding carboxylic acids is 1. The number of anilines is 1. The molecule has 0 saturated carbocycles. The second-order valence-electron chi connectivity index (χ2n) is 5.83. The van der Waals surface area contributed by atoms with Crippen LogP contribution in [-0.4, -0.2) is 25.5 Å². The topological polar surface area (TPSA) is 83.3 Å². The van der Waals surface area contributed by atoms with E-state index in [0.717, 1.165) is 11.3 Å². The second-order valence-corrected chi connectivity index (χ2v) is 5.83. The zero-order valence-corrected chi connectivity index (χ0v) is 12.6. The van der Waals surface area contributed by atoms with E-state index in [1.165, 1.54) is 0 Å². The van der Waals surface area contributed by atoms with Gasteiger partial charge in [0.1, 0.15) is 6.04 Å². The second kappa shape index (κ2) is 4.78. The minimum Gasteiger partial charge on any atom is -0.454 e. The maximum Gasteiger partial charge on any atom is 0.247 e. The summed E-state index contributed by atoms with van der Waals surface area (Å²) in [4.78, 5) is 14.0. The molecule has 7 heteroatoms. The van der Waals surface area contributed by atoms with E-state index in [-0.39, 0.29) is 25.5 Å². The summed E-state index contributed by atoms with van der Waals surface area (Å²) in [6.45, 7) is 0.401. The number of rotatable bonds is 2. The summed E-state index contributed by atoms with van der Waals surface area (Å²) in [5.41, 5.74) is 7.70. The molecule has 122 valence electrons. The average Bonchev–Trinajstić information content (AvgIpc) is 3.25. The third kappa shape index (κ3) is 1.78. The Kier molecular flexibility index (Phi) is 2.69. The highest BCUT2D eigenvalue weighted by Gasteiger charge is 2.47. The minimum atomic E-state index is -0.587. The fraction of sp³-hybridized carbons (Fsp3) is 0.235. The molecule has 0 aliphatic carbocycles. The Morgan fingerprint density at radius 1 is 0.875 bits per heavy atom. The van der Waals surface area contributed by atoms with Gasteiger partial charge in [0.2, 0.25) is 19.5 Å². The van der Waals surface area contributed by atoms with E-state index in [1.54, 1.807) is 17.0 Å². The van der Waals surface area contributed by atoms with Gasteiger partial charge < -0.3 is 29.6 Å². The lowest BCUT2D eigenvalue weighted by molar-refractivity contribution is -0.126. The van der Waals surface area contributed by atoms with E-state index >= 15 is 0 Å². The van der Waals surface area contributed by atoms with E-state index in [4.69, 9.17) is 24.7 Å². The van der Waals surface area contributed by atoms with E-state index in [9.17, 15) is 4.79 Å². The van der Waals surface area contributed by atoms with Gasteiger partial charge in [-0.2, -0.15) is 0 Å². The predicted molar refractivity (Wildman–Crippen MR) is 83.3 cm³/mol. The molecule has 3 aliphatic rings. The average molecular weight is 326 g/mol. The van der Waals surface area contributed by atoms with E-state index in [2.05, 4.69) is 0 Å². The normalized spacial score (nSPS) is 23.4. The highest BCUT2D eigenvalue weighted by molar-refractivity contribution is 6.05. The number of nitrogens with zero attached hydrogens (tertiary/aromatic N) is 1. The summed E-state index contributed by atoms with van der Waals surface area (Å²) < 4.78 is 21.5. The van der Waals surface area contributed by atoms with Crippen LogP contribution in [0.15, 0.2) is 36.4 Å². The Labute approximate surface area is 137 Å². The number of amides is 1. The Hall–Kier alpha value is -2.93. The van der Waals surface area contributed by atoms with Crippen LogP contribution in [0.5, 0.6) is 23.0 Å². The molecule has 7 nitrogen and oxygen atoms in total. The SMILES string of the molecule is N[C@@H]1C(=O)N(c2ccc3c(c2)OCO3)[C@H]1c1ccc2c(c1)OCO2. The highest BCUT2D eigenvalue weighted by Crippen LogP contribution is 2.44. The van der Waals surface area contributed by atoms with Crippen LogP contribution in [-0.2, 0) is 4.79 Å². The highest BCUT2D eigenvalue weighted by atomic mass is 16.7. The van der Waals surface area contributed by atoms with Gasteiger partial charge in [0.05, 0.1) is 6.04 Å². The molecular weight excluding hydrogens is 312 g/mol. The van der Waals surface area contributed by atoms with Crippen molar-refractivity contribution in [3.8, 4) is 23.0 Å². The Morgan fingerprint density at radius 3 is 2.25 bits per heavy atom. The number of fused-ring (bicyclic) bond motifs is 2. The van der Waals surface area contributed by atoms with Crippen molar-refractivity contribution < 1.29 is 23.7 Å². The summed E-state index contributed by atoms with van der Waals surface area (Å²) >= 11 is 0. The molecular formula is C17H14N2O5. The first kappa shape index (κ1) is 13.5. The lowest BCUT2D eigenvalue weighted by Gasteiger charge is -2.45. The molecule has 3 aliphatic heterocycles. The summed E-state index contributed by atoms with van der Waals surface area (Å²) in [7, 11) is 0. The van der Waals surface area contributed by atoms with Crippen LogP contribution in [0.1, 0.15) is 11.6 Å². The Balaban J connectivity index is 1.52. The maximum atomic E-state index is 12.4. The van der Waals surface area contributed by atoms with Crippen LogP contribution >= 0.6 is 0 Å². The largest absolute Gasteiger partial charge is 0.454 e. The van der Waals surface area contributed by atoms with E-state index in [1.807, 2.05) is 24.3 Å². The van der Waals surface area contributed by atoms with E-state index < -0.39 is 6.04 Å². The molecule has 0 radical (unpaired) electrons. The van der Waals surface area contributed by atoms with Crippen molar-refractivity contribution >= 4 is 11.6 Å². The van der Waals surface area contributed by atoms with Gasteiger partial charge in [0, 0.05) is 11.8 Å². The Bertz CT molecular complexity index is 853. The van der Waals surface area contributed by atoms with Crippen molar-refractivity contribution in [3.05, 3.63) is 42.0 Å². The lowest BCUT2D eigenvalue weighted by atomic mass is 9.88. The first-order valence-corrected chi connectivity index (χ1v) is 7.60. The molecule has 2 aromatic rings. The lowest BCUT2D eigenvalue weighted by Crippen LogP contribution is -2.63. The summed E-state index contributed by atoms with van der Waals surface area (Å²) in [6, 6.07) is 10.2. The van der Waals surface area contributed by atoms with Gasteiger partial charge in [-0.3, -0.25) is 4.79 Å². The first-order chi connectivity index (χ1) is 11.7. The molecule has 2 aromatic carbocycles. The van der Waals surface area contributed by atoms with Crippen molar-refractivity contribution in [3.63, 3.8) is 0 Å². The molecule has 1 saturated heterocycles. The minimum absolute atomic E-state index is 0.128. The van der Waals surface area contributed by atoms with Gasteiger partial charge in [-0.05, 0) is 29.8 Å². The van der Waals surface area contributed by atoms with Crippen molar-refractivity contribution in [2.45, 2.75) is 12.1 Å². The van der Waals surface area contributed by atoms with Gasteiger partial charge in [-0.25, -0.2) is 0 Å². The molecule has 1 fully saturated rings. The van der Waals surface area contributed by atoms with Gasteiger partial charge in [-0.1, -0.05) is 6.07 Å². The summed E-state index contributed by atoms with van der Waals surface area (Å²) in [6.07, 6.45) is 0. The Morgan fingerprint density at radius 2 is 1.50 bits per heavy atom. The smallest absolute Gasteiger partial charge is 0.247 e. The van der Waals surface area contributed by atoms with Gasteiger partial charge in [0.25, 0.3) is 0 Å². The van der Waals surface area contributed by atoms with Gasteiger partial charge >= 0.3 is 0 Å². The van der Waals surface area contributed by atoms with Crippen LogP contribution in [0.2, 0.25) is 0 Å². The van der Waals surface area contributed by atoms with Crippen LogP contribution in [0.4, 0.5) is 5.69 Å². The van der Waals surface area contributed by atoms with Crippen LogP contribution in [0.3, 0.4) is 0 Å². The van der Waals surface area contributed by atoms with Crippen molar-refractivity contribution in [2.75, 3.05) is 18.5 Å². The van der Waals surface area contributed by atoms with Crippen LogP contribution < -0.4 is 29.6 Å². The van der Waals surface area contributed by atoms with Gasteiger partial charge in [0.15, 0.2) is 23.0 Å². The number of carbonyl (C=O) groups is 1. The number of β-lactam (4-membered cyclic amide) rings is 1. The molecule has 1 amide bonds. The number of hydrogen-bond donors (Lipinski definition) is 1. The third-order valence-electron chi connectivity index (χ3n) is 4.51. The van der Waals surface area contributed by atoms with Crippen LogP contribution in [0.25, 0.3) is 0 Å². The van der Waals surface area contributed by atoms with Crippen molar-refractivity contribution in [1.82, 2.24) is 0 Å². The molecule has 5 rings (SSSR count). The van der Waals surface area contributed by atoms with Crippen molar-refractivity contribution in [2.24, 2.45) is 5.73 Å². The third-order valence-corrected chi connectivity index (χ3v) is 4.51. The molecule has 0 bridgehead atoms. The van der Waals surface area contributed by atoms with E-state index in [0.29, 0.717) is 23.0 Å². The number of ether oxygens (including phenoxy) is 4. The molecule has 3 heterocycles. The molecule has 0 unspecified atom stereocenters. The molecule has 2 N–H and O–H groups in total. The van der Waals surface area contributed by atoms with Crippen molar-refractivity contribution in [1.29, 1.82) is 0 Å². The first-order valence-electron chi connectivity index (χ1n) is 7.60. The zero-order valence-electron chi connectivity index (χ0n) is 12.6.